The lowest BCUT2D eigenvalue weighted by Crippen LogP contribution is -2.53. The van der Waals surface area contributed by atoms with Crippen LogP contribution >= 0.6 is 11.8 Å². The molecule has 5 heteroatoms. The maximum Gasteiger partial charge on any atom is 0.0780 e. The maximum absolute atomic E-state index is 6.98. The lowest BCUT2D eigenvalue weighted by molar-refractivity contribution is -0.0633. The summed E-state index contributed by atoms with van der Waals surface area (Å²) in [5.74, 6) is 0.366. The van der Waals surface area contributed by atoms with Gasteiger partial charge in [0.25, 0.3) is 0 Å². The molecule has 59 heavy (non-hydrogen) atoms. The average molecular weight is 805 g/mol. The molecule has 0 amide bonds. The average Bonchev–Trinajstić information content (AvgIpc) is 3.27. The topological polar surface area (TPSA) is 24.9 Å². The van der Waals surface area contributed by atoms with Gasteiger partial charge < -0.3 is 9.47 Å². The Balaban J connectivity index is 1.16. The first-order valence-corrected chi connectivity index (χ1v) is 23.3. The molecule has 0 bridgehead atoms. The summed E-state index contributed by atoms with van der Waals surface area (Å²) in [5, 5.41) is 0.475. The highest BCUT2D eigenvalue weighted by molar-refractivity contribution is 8.00. The van der Waals surface area contributed by atoms with Gasteiger partial charge in [0.15, 0.2) is 0 Å². The van der Waals surface area contributed by atoms with Crippen LogP contribution in [0.25, 0.3) is 0 Å². The minimum absolute atomic E-state index is 0.0613. The Morgan fingerprint density at radius 2 is 0.932 bits per heavy atom. The lowest BCUT2D eigenvalue weighted by atomic mass is 9.62. The van der Waals surface area contributed by atoms with Gasteiger partial charge in [-0.3, -0.25) is 9.80 Å². The maximum atomic E-state index is 6.98. The number of hydrogen-bond acceptors (Lipinski definition) is 5. The number of hydrogen-bond donors (Lipinski definition) is 0. The van der Waals surface area contributed by atoms with Gasteiger partial charge in [0.1, 0.15) is 0 Å². The second-order valence-electron chi connectivity index (χ2n) is 17.2. The van der Waals surface area contributed by atoms with E-state index in [4.69, 9.17) is 9.47 Å². The van der Waals surface area contributed by atoms with Crippen LogP contribution in [0.1, 0.15) is 73.6 Å². The molecule has 8 atom stereocenters. The van der Waals surface area contributed by atoms with Gasteiger partial charge in [0, 0.05) is 72.4 Å². The predicted octanol–water partition coefficient (Wildman–Crippen LogP) is 11.7. The third-order valence-electron chi connectivity index (χ3n) is 13.4. The van der Waals surface area contributed by atoms with Gasteiger partial charge in [-0.05, 0) is 35.1 Å². The van der Waals surface area contributed by atoms with Crippen LogP contribution in [0, 0.1) is 10.8 Å². The summed E-state index contributed by atoms with van der Waals surface area (Å²) >= 11 is 2.20. The summed E-state index contributed by atoms with van der Waals surface area (Å²) in [7, 11) is 0. The summed E-state index contributed by atoms with van der Waals surface area (Å²) in [6.45, 7) is 11.9. The quantitative estimate of drug-likeness (QED) is 0.112. The van der Waals surface area contributed by atoms with E-state index in [1.165, 1.54) is 22.3 Å². The fourth-order valence-electron chi connectivity index (χ4n) is 10.9. The van der Waals surface area contributed by atoms with Crippen LogP contribution in [0.15, 0.2) is 170 Å². The summed E-state index contributed by atoms with van der Waals surface area (Å²) in [5.41, 5.74) is 5.19. The molecular formula is C54H64N2O2S. The zero-order chi connectivity index (χ0) is 40.3. The Labute approximate surface area is 359 Å². The van der Waals surface area contributed by atoms with Crippen LogP contribution in [0.5, 0.6) is 0 Å². The van der Waals surface area contributed by atoms with Crippen LogP contribution in [0.3, 0.4) is 0 Å². The first-order chi connectivity index (χ1) is 29.1. The number of allylic oxidation sites excluding steroid dienone is 6. The minimum atomic E-state index is -0.154. The van der Waals surface area contributed by atoms with E-state index < -0.39 is 0 Å². The highest BCUT2D eigenvalue weighted by atomic mass is 32.2. The molecule has 4 aromatic rings. The van der Waals surface area contributed by atoms with Crippen molar-refractivity contribution in [3.05, 3.63) is 192 Å². The fourth-order valence-corrected chi connectivity index (χ4v) is 12.8. The molecule has 4 nitrogen and oxygen atoms in total. The van der Waals surface area contributed by atoms with Crippen LogP contribution in [0.4, 0.5) is 0 Å². The molecular weight excluding hydrogens is 741 g/mol. The smallest absolute Gasteiger partial charge is 0.0780 e. The fraction of sp³-hybridized carbons (Fsp3) is 0.407. The second kappa shape index (κ2) is 20.1. The van der Waals surface area contributed by atoms with Gasteiger partial charge >= 0.3 is 0 Å². The van der Waals surface area contributed by atoms with Crippen LogP contribution in [0.2, 0.25) is 0 Å². The molecule has 4 aromatic carbocycles. The number of benzene rings is 4. The molecule has 0 aromatic heterocycles. The van der Waals surface area contributed by atoms with Crippen molar-refractivity contribution in [3.8, 4) is 0 Å². The highest BCUT2D eigenvalue weighted by Gasteiger charge is 2.53. The van der Waals surface area contributed by atoms with Crippen molar-refractivity contribution in [2.45, 2.75) is 87.2 Å². The Bertz CT molecular complexity index is 1860. The van der Waals surface area contributed by atoms with Crippen LogP contribution < -0.4 is 0 Å². The number of thioether (sulfide) groups is 1. The largest absolute Gasteiger partial charge is 0.375 e. The monoisotopic (exact) mass is 804 g/mol. The summed E-state index contributed by atoms with van der Waals surface area (Å²) in [6.07, 6.45) is 24.1. The first-order valence-electron chi connectivity index (χ1n) is 22.3. The Morgan fingerprint density at radius 3 is 1.32 bits per heavy atom. The lowest BCUT2D eigenvalue weighted by Gasteiger charge is -2.53. The molecule has 2 fully saturated rings. The summed E-state index contributed by atoms with van der Waals surface area (Å²) in [4.78, 5) is 5.25. The molecule has 8 rings (SSSR count). The van der Waals surface area contributed by atoms with Crippen LogP contribution in [-0.2, 0) is 22.6 Å². The molecule has 6 unspecified atom stereocenters. The van der Waals surface area contributed by atoms with Gasteiger partial charge in [-0.2, -0.15) is 0 Å². The number of nitrogens with zero attached hydrogens (tertiary/aromatic N) is 2. The van der Waals surface area contributed by atoms with Gasteiger partial charge in [0.2, 0.25) is 0 Å². The van der Waals surface area contributed by atoms with Crippen molar-refractivity contribution in [1.29, 1.82) is 0 Å². The van der Waals surface area contributed by atoms with E-state index in [0.717, 1.165) is 78.2 Å². The SMILES string of the molecule is CCCC1(C(c2ccccc2)[C@H]2CN(Cc3ccccc3)CCO2)C=CC=CC1SC1C=CC=CC1(CCC)C(c1ccccc1)[C@H]1CN(Cc2ccccc2)CCO1. The van der Waals surface area contributed by atoms with Crippen molar-refractivity contribution in [2.24, 2.45) is 10.8 Å². The van der Waals surface area contributed by atoms with E-state index >= 15 is 0 Å². The van der Waals surface area contributed by atoms with E-state index in [1.54, 1.807) is 0 Å². The molecule has 0 radical (unpaired) electrons. The normalized spacial score (nSPS) is 28.4. The van der Waals surface area contributed by atoms with E-state index in [2.05, 4.69) is 205 Å². The molecule has 308 valence electrons. The molecule has 0 saturated carbocycles. The Kier molecular flexibility index (Phi) is 14.2. The molecule has 2 aliphatic heterocycles. The number of ether oxygens (including phenoxy) is 2. The Hall–Kier alpha value is -3.97. The molecule has 4 aliphatic rings. The molecule has 0 N–H and O–H groups in total. The second-order valence-corrected chi connectivity index (χ2v) is 18.5. The summed E-state index contributed by atoms with van der Waals surface area (Å²) < 4.78 is 14.0. The zero-order valence-corrected chi connectivity index (χ0v) is 36.1. The van der Waals surface area contributed by atoms with E-state index in [1.807, 2.05) is 0 Å². The Morgan fingerprint density at radius 1 is 0.542 bits per heavy atom. The first kappa shape index (κ1) is 41.8. The standard InChI is InChI=1S/C54H64N2O2S/c1-3-31-53(51(45-25-13-7-14-26-45)47-41-55(35-37-57-47)39-43-21-9-5-10-22-43)33-19-17-29-49(53)59-50-30-18-20-34-54(50,32-4-2)52(46-27-15-8-16-28-46)48-42-56(36-38-58-48)40-44-23-11-6-12-24-44/h5-30,33-34,47-52H,3-4,31-32,35-42H2,1-2H3/t47-,48-,49?,50?,51?,52?,53?,54?/m1/s1. The van der Waals surface area contributed by atoms with Gasteiger partial charge in [-0.1, -0.05) is 197 Å². The van der Waals surface area contributed by atoms with Crippen molar-refractivity contribution < 1.29 is 9.47 Å². The van der Waals surface area contributed by atoms with Gasteiger partial charge in [0.05, 0.1) is 25.4 Å². The summed E-state index contributed by atoms with van der Waals surface area (Å²) in [6, 6.07) is 44.6. The van der Waals surface area contributed by atoms with Crippen molar-refractivity contribution in [3.63, 3.8) is 0 Å². The van der Waals surface area contributed by atoms with Crippen molar-refractivity contribution in [1.82, 2.24) is 9.80 Å². The molecule has 2 heterocycles. The van der Waals surface area contributed by atoms with Crippen molar-refractivity contribution in [2.75, 3.05) is 39.4 Å². The molecule has 0 spiro atoms. The van der Waals surface area contributed by atoms with Gasteiger partial charge in [-0.25, -0.2) is 0 Å². The van der Waals surface area contributed by atoms with E-state index in [9.17, 15) is 0 Å². The van der Waals surface area contributed by atoms with Crippen LogP contribution in [-0.4, -0.2) is 71.9 Å². The molecule has 2 saturated heterocycles. The third kappa shape index (κ3) is 9.51. The number of rotatable bonds is 16. The highest BCUT2D eigenvalue weighted by Crippen LogP contribution is 2.59. The number of morpholine rings is 2. The van der Waals surface area contributed by atoms with E-state index in [0.29, 0.717) is 0 Å². The van der Waals surface area contributed by atoms with E-state index in [-0.39, 0.29) is 45.4 Å². The van der Waals surface area contributed by atoms with Gasteiger partial charge in [-0.15, -0.1) is 11.8 Å². The van der Waals surface area contributed by atoms with Crippen molar-refractivity contribution >= 4 is 11.8 Å². The molecule has 2 aliphatic carbocycles. The minimum Gasteiger partial charge on any atom is -0.375 e. The zero-order valence-electron chi connectivity index (χ0n) is 35.2. The third-order valence-corrected chi connectivity index (χ3v) is 15.2. The predicted molar refractivity (Wildman–Crippen MR) is 248 cm³/mol.